The molecule has 7 nitrogen and oxygen atoms in total. The van der Waals surface area contributed by atoms with Crippen LogP contribution < -0.4 is 16.8 Å². The van der Waals surface area contributed by atoms with Gasteiger partial charge in [-0.1, -0.05) is 36.4 Å². The first-order chi connectivity index (χ1) is 16.2. The predicted molar refractivity (Wildman–Crippen MR) is 145 cm³/mol. The fraction of sp³-hybridized carbons (Fsp3) is 0.346. The maximum absolute atomic E-state index is 14.2. The van der Waals surface area contributed by atoms with Crippen molar-refractivity contribution >= 4 is 53.2 Å². The lowest BCUT2D eigenvalue weighted by atomic mass is 9.93. The van der Waals surface area contributed by atoms with E-state index in [9.17, 15) is 14.0 Å². The van der Waals surface area contributed by atoms with Crippen molar-refractivity contribution in [3.8, 4) is 0 Å². The van der Waals surface area contributed by atoms with Crippen LogP contribution in [-0.2, 0) is 22.6 Å². The van der Waals surface area contributed by atoms with E-state index >= 15 is 0 Å². The van der Waals surface area contributed by atoms with Crippen LogP contribution in [0.3, 0.4) is 0 Å². The van der Waals surface area contributed by atoms with Crippen molar-refractivity contribution in [1.82, 2.24) is 15.2 Å². The van der Waals surface area contributed by atoms with Crippen LogP contribution in [0.2, 0.25) is 0 Å². The number of aromatic nitrogens is 1. The predicted octanol–water partition coefficient (Wildman–Crippen LogP) is 3.53. The van der Waals surface area contributed by atoms with Crippen molar-refractivity contribution in [2.75, 3.05) is 12.3 Å². The molecule has 0 radical (unpaired) electrons. The number of fused-ring (bicyclic) bond motifs is 1. The van der Waals surface area contributed by atoms with E-state index in [0.717, 1.165) is 22.2 Å². The molecule has 10 heteroatoms. The second-order valence-electron chi connectivity index (χ2n) is 9.05. The summed E-state index contributed by atoms with van der Waals surface area (Å²) in [4.78, 5) is 31.3. The fourth-order valence-corrected chi connectivity index (χ4v) is 4.90. The minimum atomic E-state index is -0.533. The second-order valence-corrected chi connectivity index (χ2v) is 9.05. The van der Waals surface area contributed by atoms with Crippen molar-refractivity contribution in [1.29, 1.82) is 0 Å². The SMILES string of the molecule is Cc1nc(N)ccc1CNC(=O)[C@H](C)N1CC(Cc2ccc(F)c3ccccc23)CC1C(N)=O.Cl.Cl. The quantitative estimate of drug-likeness (QED) is 0.428. The van der Waals surface area contributed by atoms with Gasteiger partial charge < -0.3 is 16.8 Å². The molecule has 0 aliphatic carbocycles. The fourth-order valence-electron chi connectivity index (χ4n) is 4.90. The monoisotopic (exact) mass is 535 g/mol. The number of likely N-dealkylation sites (tertiary alicyclic amines) is 1. The van der Waals surface area contributed by atoms with Gasteiger partial charge in [-0.3, -0.25) is 14.5 Å². The number of anilines is 1. The van der Waals surface area contributed by atoms with Gasteiger partial charge in [-0.15, -0.1) is 24.8 Å². The van der Waals surface area contributed by atoms with Crippen LogP contribution in [0.4, 0.5) is 10.2 Å². The molecule has 2 amide bonds. The molecule has 1 aliphatic heterocycles. The summed E-state index contributed by atoms with van der Waals surface area (Å²) in [6.07, 6.45) is 1.23. The number of pyridine rings is 1. The molecular formula is C26H32Cl2FN5O2. The van der Waals surface area contributed by atoms with Crippen LogP contribution in [0.15, 0.2) is 48.5 Å². The van der Waals surface area contributed by atoms with E-state index < -0.39 is 18.0 Å². The van der Waals surface area contributed by atoms with Crippen molar-refractivity contribution in [3.05, 3.63) is 71.2 Å². The number of hydrogen-bond acceptors (Lipinski definition) is 5. The third-order valence-corrected chi connectivity index (χ3v) is 6.77. The lowest BCUT2D eigenvalue weighted by Crippen LogP contribution is -2.51. The van der Waals surface area contributed by atoms with Gasteiger partial charge in [0.15, 0.2) is 0 Å². The summed E-state index contributed by atoms with van der Waals surface area (Å²) in [5.41, 5.74) is 14.1. The summed E-state index contributed by atoms with van der Waals surface area (Å²) in [5.74, 6) is -0.327. The van der Waals surface area contributed by atoms with Gasteiger partial charge in [0.05, 0.1) is 12.1 Å². The molecule has 5 N–H and O–H groups in total. The van der Waals surface area contributed by atoms with Crippen molar-refractivity contribution in [3.63, 3.8) is 0 Å². The number of primary amides is 1. The second kappa shape index (κ2) is 12.3. The van der Waals surface area contributed by atoms with E-state index in [1.807, 2.05) is 36.1 Å². The first-order valence-electron chi connectivity index (χ1n) is 11.5. The third-order valence-electron chi connectivity index (χ3n) is 6.77. The van der Waals surface area contributed by atoms with E-state index in [0.29, 0.717) is 37.1 Å². The lowest BCUT2D eigenvalue weighted by molar-refractivity contribution is -0.129. The number of carbonyl (C=O) groups is 2. The number of nitrogens with zero attached hydrogens (tertiary/aromatic N) is 2. The molecule has 4 rings (SSSR count). The molecule has 2 heterocycles. The summed E-state index contributed by atoms with van der Waals surface area (Å²) in [6.45, 7) is 4.50. The van der Waals surface area contributed by atoms with Crippen molar-refractivity contribution < 1.29 is 14.0 Å². The molecule has 2 unspecified atom stereocenters. The smallest absolute Gasteiger partial charge is 0.237 e. The minimum absolute atomic E-state index is 0. The highest BCUT2D eigenvalue weighted by atomic mass is 35.5. The van der Waals surface area contributed by atoms with E-state index in [1.54, 1.807) is 25.1 Å². The van der Waals surface area contributed by atoms with Gasteiger partial charge in [-0.2, -0.15) is 0 Å². The molecular weight excluding hydrogens is 504 g/mol. The molecule has 3 atom stereocenters. The number of aryl methyl sites for hydroxylation is 1. The first kappa shape index (κ1) is 29.3. The molecule has 194 valence electrons. The molecule has 1 aliphatic rings. The molecule has 1 aromatic heterocycles. The summed E-state index contributed by atoms with van der Waals surface area (Å²) >= 11 is 0. The van der Waals surface area contributed by atoms with Gasteiger partial charge in [-0.05, 0) is 61.3 Å². The number of nitrogens with one attached hydrogen (secondary N) is 1. The van der Waals surface area contributed by atoms with Crippen LogP contribution in [0.25, 0.3) is 10.8 Å². The average molecular weight is 536 g/mol. The van der Waals surface area contributed by atoms with Gasteiger partial charge in [0.2, 0.25) is 11.8 Å². The van der Waals surface area contributed by atoms with Gasteiger partial charge in [0.1, 0.15) is 11.6 Å². The van der Waals surface area contributed by atoms with Gasteiger partial charge in [-0.25, -0.2) is 9.37 Å². The Bertz CT molecular complexity index is 1240. The molecule has 1 saturated heterocycles. The number of amides is 2. The Morgan fingerprint density at radius 1 is 1.11 bits per heavy atom. The van der Waals surface area contributed by atoms with E-state index in [2.05, 4.69) is 10.3 Å². The third kappa shape index (κ3) is 6.24. The summed E-state index contributed by atoms with van der Waals surface area (Å²) < 4.78 is 14.2. The van der Waals surface area contributed by atoms with Crippen LogP contribution >= 0.6 is 24.8 Å². The highest BCUT2D eigenvalue weighted by molar-refractivity contribution is 5.87. The number of carbonyl (C=O) groups excluding carboxylic acids is 2. The topological polar surface area (TPSA) is 114 Å². The zero-order valence-corrected chi connectivity index (χ0v) is 21.9. The average Bonchev–Trinajstić information content (AvgIpc) is 3.24. The maximum atomic E-state index is 14.2. The zero-order valence-electron chi connectivity index (χ0n) is 20.2. The molecule has 0 saturated carbocycles. The normalized spacial score (nSPS) is 18.2. The van der Waals surface area contributed by atoms with Gasteiger partial charge >= 0.3 is 0 Å². The summed E-state index contributed by atoms with van der Waals surface area (Å²) in [5, 5.41) is 4.39. The Hall–Kier alpha value is -2.94. The molecule has 0 bridgehead atoms. The van der Waals surface area contributed by atoms with Crippen LogP contribution in [-0.4, -0.2) is 40.3 Å². The number of nitrogens with two attached hydrogens (primary N) is 2. The molecule has 3 aromatic rings. The number of halogens is 3. The Morgan fingerprint density at radius 2 is 1.78 bits per heavy atom. The van der Waals surface area contributed by atoms with E-state index in [-0.39, 0.29) is 42.5 Å². The van der Waals surface area contributed by atoms with Gasteiger partial charge in [0, 0.05) is 24.2 Å². The Kier molecular flexibility index (Phi) is 10.0. The molecule has 2 aromatic carbocycles. The maximum Gasteiger partial charge on any atom is 0.237 e. The highest BCUT2D eigenvalue weighted by Gasteiger charge is 2.40. The van der Waals surface area contributed by atoms with E-state index in [4.69, 9.17) is 11.5 Å². The molecule has 1 fully saturated rings. The zero-order chi connectivity index (χ0) is 24.4. The van der Waals surface area contributed by atoms with Crippen molar-refractivity contribution in [2.45, 2.75) is 45.3 Å². The van der Waals surface area contributed by atoms with Gasteiger partial charge in [0.25, 0.3) is 0 Å². The number of rotatable bonds is 7. The van der Waals surface area contributed by atoms with Crippen LogP contribution in [0.5, 0.6) is 0 Å². The highest BCUT2D eigenvalue weighted by Crippen LogP contribution is 2.31. The van der Waals surface area contributed by atoms with Crippen LogP contribution in [0, 0.1) is 18.7 Å². The largest absolute Gasteiger partial charge is 0.384 e. The number of benzene rings is 2. The van der Waals surface area contributed by atoms with Crippen molar-refractivity contribution in [2.24, 2.45) is 11.7 Å². The lowest BCUT2D eigenvalue weighted by Gasteiger charge is -2.28. The first-order valence-corrected chi connectivity index (χ1v) is 11.5. The molecule has 0 spiro atoms. The Balaban J connectivity index is 0.00000228. The summed E-state index contributed by atoms with van der Waals surface area (Å²) in [6, 6.07) is 13.2. The standard InChI is InChI=1S/C26H30FN5O2.2ClH/c1-15-19(8-10-24(28)31-15)13-30-26(34)16(2)32-14-17(12-23(32)25(29)33)11-18-7-9-22(27)21-6-4-3-5-20(18)21;;/h3-10,16-17,23H,11-14H2,1-2H3,(H2,28,31)(H2,29,33)(H,30,34);2*1H/t16-,17?,23?;;/m0../s1. The Morgan fingerprint density at radius 3 is 2.44 bits per heavy atom. The summed E-state index contributed by atoms with van der Waals surface area (Å²) in [7, 11) is 0. The number of nitrogen functional groups attached to an aromatic ring is 1. The number of hydrogen-bond donors (Lipinski definition) is 3. The van der Waals surface area contributed by atoms with Crippen LogP contribution in [0.1, 0.15) is 30.2 Å². The molecule has 36 heavy (non-hydrogen) atoms. The minimum Gasteiger partial charge on any atom is -0.384 e. The van der Waals surface area contributed by atoms with E-state index in [1.165, 1.54) is 6.07 Å². The Labute approximate surface area is 222 Å².